The molecule has 4 nitrogen and oxygen atoms in total. The molecule has 1 aromatic rings. The molecule has 1 aliphatic rings. The number of hydrogen-bond donors (Lipinski definition) is 1. The zero-order chi connectivity index (χ0) is 12.5. The third-order valence-corrected chi connectivity index (χ3v) is 4.93. The second kappa shape index (κ2) is 5.00. The van der Waals surface area contributed by atoms with Gasteiger partial charge in [-0.2, -0.15) is 0 Å². The molecule has 1 fully saturated rings. The Morgan fingerprint density at radius 2 is 2.18 bits per heavy atom. The SMILES string of the molecule is O=S1(=O)CCCC(Nc2ncc(Cl)cc2Cl)C1. The van der Waals surface area contributed by atoms with E-state index in [4.69, 9.17) is 23.2 Å². The highest BCUT2D eigenvalue weighted by molar-refractivity contribution is 7.91. The van der Waals surface area contributed by atoms with Crippen LogP contribution in [-0.2, 0) is 9.84 Å². The van der Waals surface area contributed by atoms with Crippen LogP contribution in [0.25, 0.3) is 0 Å². The number of aromatic nitrogens is 1. The van der Waals surface area contributed by atoms with Crippen molar-refractivity contribution >= 4 is 38.9 Å². The van der Waals surface area contributed by atoms with Crippen LogP contribution in [0.4, 0.5) is 5.82 Å². The van der Waals surface area contributed by atoms with E-state index in [0.29, 0.717) is 22.3 Å². The number of pyridine rings is 1. The summed E-state index contributed by atoms with van der Waals surface area (Å²) in [4.78, 5) is 4.05. The van der Waals surface area contributed by atoms with Gasteiger partial charge in [0, 0.05) is 12.2 Å². The van der Waals surface area contributed by atoms with Crippen molar-refractivity contribution in [2.24, 2.45) is 0 Å². The van der Waals surface area contributed by atoms with E-state index in [1.54, 1.807) is 6.07 Å². The van der Waals surface area contributed by atoms with Crippen LogP contribution < -0.4 is 5.32 Å². The summed E-state index contributed by atoms with van der Waals surface area (Å²) in [6, 6.07) is 1.45. The van der Waals surface area contributed by atoms with Crippen LogP contribution in [0.3, 0.4) is 0 Å². The molecule has 0 bridgehead atoms. The van der Waals surface area contributed by atoms with Gasteiger partial charge in [-0.05, 0) is 18.9 Å². The lowest BCUT2D eigenvalue weighted by Crippen LogP contribution is -2.35. The molecular weight excluding hydrogens is 283 g/mol. The monoisotopic (exact) mass is 294 g/mol. The maximum atomic E-state index is 11.5. The van der Waals surface area contributed by atoms with E-state index >= 15 is 0 Å². The molecule has 1 N–H and O–H groups in total. The fourth-order valence-electron chi connectivity index (χ4n) is 1.85. The highest BCUT2D eigenvalue weighted by atomic mass is 35.5. The Balaban J connectivity index is 2.10. The van der Waals surface area contributed by atoms with E-state index in [2.05, 4.69) is 10.3 Å². The van der Waals surface area contributed by atoms with Gasteiger partial charge in [-0.3, -0.25) is 0 Å². The zero-order valence-electron chi connectivity index (χ0n) is 8.99. The molecule has 1 aromatic heterocycles. The van der Waals surface area contributed by atoms with Gasteiger partial charge in [0.25, 0.3) is 0 Å². The fourth-order valence-corrected chi connectivity index (χ4v) is 3.92. The molecule has 0 amide bonds. The van der Waals surface area contributed by atoms with Gasteiger partial charge >= 0.3 is 0 Å². The Bertz CT molecular complexity index is 519. The lowest BCUT2D eigenvalue weighted by molar-refractivity contribution is 0.561. The summed E-state index contributed by atoms with van der Waals surface area (Å²) >= 11 is 11.7. The normalized spacial score (nSPS) is 23.3. The van der Waals surface area contributed by atoms with Gasteiger partial charge in [0.05, 0.1) is 21.6 Å². The van der Waals surface area contributed by atoms with Crippen LogP contribution in [0.1, 0.15) is 12.8 Å². The van der Waals surface area contributed by atoms with Gasteiger partial charge in [-0.15, -0.1) is 0 Å². The van der Waals surface area contributed by atoms with Crippen molar-refractivity contribution < 1.29 is 8.42 Å². The molecule has 1 unspecified atom stereocenters. The first kappa shape index (κ1) is 12.9. The second-order valence-corrected chi connectivity index (χ2v) is 7.15. The number of sulfone groups is 1. The number of nitrogens with one attached hydrogen (secondary N) is 1. The minimum Gasteiger partial charge on any atom is -0.365 e. The third-order valence-electron chi connectivity index (χ3n) is 2.61. The van der Waals surface area contributed by atoms with Crippen molar-refractivity contribution in [1.29, 1.82) is 0 Å². The van der Waals surface area contributed by atoms with Crippen LogP contribution in [0.15, 0.2) is 12.3 Å². The number of rotatable bonds is 2. The molecule has 0 aromatic carbocycles. The Morgan fingerprint density at radius 1 is 1.41 bits per heavy atom. The summed E-state index contributed by atoms with van der Waals surface area (Å²) in [5, 5.41) is 3.91. The summed E-state index contributed by atoms with van der Waals surface area (Å²) < 4.78 is 23.0. The van der Waals surface area contributed by atoms with Gasteiger partial charge < -0.3 is 5.32 Å². The third kappa shape index (κ3) is 3.47. The van der Waals surface area contributed by atoms with E-state index in [0.717, 1.165) is 6.42 Å². The molecule has 1 aliphatic heterocycles. The average molecular weight is 295 g/mol. The maximum absolute atomic E-state index is 11.5. The summed E-state index contributed by atoms with van der Waals surface area (Å²) in [5.74, 6) is 0.888. The topological polar surface area (TPSA) is 59.1 Å². The van der Waals surface area contributed by atoms with Crippen LogP contribution in [-0.4, -0.2) is 30.9 Å². The summed E-state index contributed by atoms with van der Waals surface area (Å²) in [6.45, 7) is 0. The lowest BCUT2D eigenvalue weighted by atomic mass is 10.2. The van der Waals surface area contributed by atoms with Crippen molar-refractivity contribution in [2.45, 2.75) is 18.9 Å². The van der Waals surface area contributed by atoms with E-state index < -0.39 is 9.84 Å². The lowest BCUT2D eigenvalue weighted by Gasteiger charge is -2.23. The molecule has 94 valence electrons. The molecule has 1 saturated heterocycles. The van der Waals surface area contributed by atoms with Crippen LogP contribution in [0.2, 0.25) is 10.0 Å². The molecule has 2 heterocycles. The molecule has 0 spiro atoms. The van der Waals surface area contributed by atoms with Gasteiger partial charge in [-0.1, -0.05) is 23.2 Å². The van der Waals surface area contributed by atoms with Gasteiger partial charge in [-0.25, -0.2) is 13.4 Å². The molecule has 0 saturated carbocycles. The smallest absolute Gasteiger partial charge is 0.152 e. The van der Waals surface area contributed by atoms with E-state index in [1.807, 2.05) is 0 Å². The van der Waals surface area contributed by atoms with Crippen molar-refractivity contribution in [3.05, 3.63) is 22.3 Å². The Labute approximate surface area is 110 Å². The second-order valence-electron chi connectivity index (χ2n) is 4.08. The van der Waals surface area contributed by atoms with Gasteiger partial charge in [0.1, 0.15) is 5.82 Å². The number of anilines is 1. The minimum atomic E-state index is -2.93. The fraction of sp³-hybridized carbons (Fsp3) is 0.500. The van der Waals surface area contributed by atoms with Crippen molar-refractivity contribution in [1.82, 2.24) is 4.98 Å². The molecule has 0 radical (unpaired) electrons. The van der Waals surface area contributed by atoms with Crippen molar-refractivity contribution in [3.63, 3.8) is 0 Å². The minimum absolute atomic E-state index is 0.125. The van der Waals surface area contributed by atoms with Gasteiger partial charge in [0.2, 0.25) is 0 Å². The highest BCUT2D eigenvalue weighted by Crippen LogP contribution is 2.25. The largest absolute Gasteiger partial charge is 0.365 e. The van der Waals surface area contributed by atoms with Crippen molar-refractivity contribution in [3.8, 4) is 0 Å². The number of hydrogen-bond acceptors (Lipinski definition) is 4. The number of nitrogens with zero attached hydrogens (tertiary/aromatic N) is 1. The predicted octanol–water partition coefficient (Wildman–Crippen LogP) is 2.38. The number of halogens is 2. The molecule has 7 heteroatoms. The van der Waals surface area contributed by atoms with Crippen molar-refractivity contribution in [2.75, 3.05) is 16.8 Å². The zero-order valence-corrected chi connectivity index (χ0v) is 11.3. The first-order chi connectivity index (χ1) is 7.96. The van der Waals surface area contributed by atoms with E-state index in [-0.39, 0.29) is 17.5 Å². The summed E-state index contributed by atoms with van der Waals surface area (Å²) in [5.41, 5.74) is 0. The standard InChI is InChI=1S/C10H12Cl2N2O2S/c11-7-4-9(12)10(13-5-7)14-8-2-1-3-17(15,16)6-8/h4-5,8H,1-3,6H2,(H,13,14). The summed E-state index contributed by atoms with van der Waals surface area (Å²) in [7, 11) is -2.93. The Morgan fingerprint density at radius 3 is 2.82 bits per heavy atom. The predicted molar refractivity (Wildman–Crippen MR) is 69.6 cm³/mol. The van der Waals surface area contributed by atoms with Crippen LogP contribution >= 0.6 is 23.2 Å². The first-order valence-electron chi connectivity index (χ1n) is 5.24. The molecule has 1 atom stereocenters. The quantitative estimate of drug-likeness (QED) is 0.910. The van der Waals surface area contributed by atoms with Gasteiger partial charge in [0.15, 0.2) is 9.84 Å². The molecular formula is C10H12Cl2N2O2S. The molecule has 17 heavy (non-hydrogen) atoms. The molecule has 2 rings (SSSR count). The Kier molecular flexibility index (Phi) is 3.80. The van der Waals surface area contributed by atoms with Crippen LogP contribution in [0, 0.1) is 0 Å². The van der Waals surface area contributed by atoms with Crippen LogP contribution in [0.5, 0.6) is 0 Å². The first-order valence-corrected chi connectivity index (χ1v) is 7.82. The Hall–Kier alpha value is -0.520. The maximum Gasteiger partial charge on any atom is 0.152 e. The van der Waals surface area contributed by atoms with E-state index in [9.17, 15) is 8.42 Å². The average Bonchev–Trinajstić information content (AvgIpc) is 2.21. The van der Waals surface area contributed by atoms with E-state index in [1.165, 1.54) is 6.20 Å². The summed E-state index contributed by atoms with van der Waals surface area (Å²) in [6.07, 6.45) is 2.96. The molecule has 0 aliphatic carbocycles. The highest BCUT2D eigenvalue weighted by Gasteiger charge is 2.25.